The largest absolute Gasteiger partial charge is 0.349 e. The van der Waals surface area contributed by atoms with Gasteiger partial charge in [-0.25, -0.2) is 8.42 Å². The molecule has 3 rings (SSSR count). The summed E-state index contributed by atoms with van der Waals surface area (Å²) in [6, 6.07) is 13.1. The van der Waals surface area contributed by atoms with E-state index in [1.54, 1.807) is 57.4 Å². The Labute approximate surface area is 165 Å². The first-order valence-electron chi connectivity index (χ1n) is 8.92. The summed E-state index contributed by atoms with van der Waals surface area (Å²) in [6.07, 6.45) is 0.204. The smallest absolute Gasteiger partial charge is 0.264 e. The molecule has 0 spiro atoms. The Morgan fingerprint density at radius 3 is 2.43 bits per heavy atom. The average molecular weight is 401 g/mol. The zero-order valence-electron chi connectivity index (χ0n) is 16.0. The van der Waals surface area contributed by atoms with E-state index in [1.807, 2.05) is 0 Å². The first kappa shape index (κ1) is 19.9. The Balaban J connectivity index is 1.96. The van der Waals surface area contributed by atoms with Crippen molar-refractivity contribution in [2.75, 3.05) is 30.3 Å². The van der Waals surface area contributed by atoms with Crippen LogP contribution in [0.1, 0.15) is 12.5 Å². The Bertz CT molecular complexity index is 1000. The van der Waals surface area contributed by atoms with Gasteiger partial charge in [0.25, 0.3) is 10.0 Å². The van der Waals surface area contributed by atoms with Crippen molar-refractivity contribution >= 4 is 33.2 Å². The van der Waals surface area contributed by atoms with Gasteiger partial charge in [-0.3, -0.25) is 13.9 Å². The molecule has 1 N–H and O–H groups in total. The van der Waals surface area contributed by atoms with Gasteiger partial charge in [0.05, 0.1) is 28.6 Å². The summed E-state index contributed by atoms with van der Waals surface area (Å²) in [5, 5.41) is 2.78. The summed E-state index contributed by atoms with van der Waals surface area (Å²) in [6.45, 7) is 1.74. The van der Waals surface area contributed by atoms with Gasteiger partial charge in [0.15, 0.2) is 0 Å². The highest BCUT2D eigenvalue weighted by Crippen LogP contribution is 2.34. The Kier molecular flexibility index (Phi) is 5.42. The minimum atomic E-state index is -3.87. The normalized spacial score (nSPS) is 16.8. The van der Waals surface area contributed by atoms with Crippen LogP contribution >= 0.6 is 0 Å². The number of rotatable bonds is 4. The third-order valence-electron chi connectivity index (χ3n) is 4.68. The van der Waals surface area contributed by atoms with Gasteiger partial charge in [0, 0.05) is 20.6 Å². The van der Waals surface area contributed by atoms with Crippen LogP contribution < -0.4 is 9.62 Å². The molecule has 0 saturated heterocycles. The number of hydrogen-bond donors (Lipinski definition) is 1. The number of amides is 2. The van der Waals surface area contributed by atoms with Gasteiger partial charge in [-0.15, -0.1) is 0 Å². The lowest BCUT2D eigenvalue weighted by atomic mass is 10.1. The van der Waals surface area contributed by atoms with Gasteiger partial charge in [0.1, 0.15) is 0 Å². The number of carbonyl (C=O) groups excluding carboxylic acids is 2. The first-order chi connectivity index (χ1) is 13.2. The van der Waals surface area contributed by atoms with Crippen molar-refractivity contribution < 1.29 is 18.0 Å². The molecular weight excluding hydrogens is 378 g/mol. The van der Waals surface area contributed by atoms with Crippen molar-refractivity contribution in [1.82, 2.24) is 4.90 Å². The lowest BCUT2D eigenvalue weighted by Gasteiger charge is -2.25. The molecule has 28 heavy (non-hydrogen) atoms. The molecule has 8 heteroatoms. The van der Waals surface area contributed by atoms with Gasteiger partial charge in [-0.1, -0.05) is 31.2 Å². The average Bonchev–Trinajstić information content (AvgIpc) is 2.79. The Hall–Kier alpha value is -2.87. The second-order valence-corrected chi connectivity index (χ2v) is 8.91. The third kappa shape index (κ3) is 3.87. The van der Waals surface area contributed by atoms with Crippen molar-refractivity contribution in [2.24, 2.45) is 5.92 Å². The fourth-order valence-electron chi connectivity index (χ4n) is 2.95. The molecule has 148 valence electrons. The summed E-state index contributed by atoms with van der Waals surface area (Å²) in [4.78, 5) is 25.7. The highest BCUT2D eigenvalue weighted by atomic mass is 32.2. The molecule has 0 saturated carbocycles. The molecule has 0 radical (unpaired) electrons. The van der Waals surface area contributed by atoms with E-state index < -0.39 is 15.9 Å². The van der Waals surface area contributed by atoms with Crippen LogP contribution in [-0.2, 0) is 26.0 Å². The summed E-state index contributed by atoms with van der Waals surface area (Å²) < 4.78 is 27.9. The van der Waals surface area contributed by atoms with Gasteiger partial charge in [-0.05, 0) is 29.8 Å². The topological polar surface area (TPSA) is 86.8 Å². The third-order valence-corrected chi connectivity index (χ3v) is 6.48. The number of benzene rings is 2. The second kappa shape index (κ2) is 7.63. The number of anilines is 2. The number of carbonyl (C=O) groups is 2. The molecule has 1 aliphatic heterocycles. The predicted molar refractivity (Wildman–Crippen MR) is 108 cm³/mol. The molecule has 0 unspecified atom stereocenters. The molecule has 2 aromatic rings. The van der Waals surface area contributed by atoms with Crippen molar-refractivity contribution in [3.05, 3.63) is 54.1 Å². The van der Waals surface area contributed by atoms with E-state index in [0.29, 0.717) is 11.4 Å². The molecule has 1 aliphatic rings. The Morgan fingerprint density at radius 1 is 1.14 bits per heavy atom. The van der Waals surface area contributed by atoms with Crippen LogP contribution in [0.25, 0.3) is 0 Å². The highest BCUT2D eigenvalue weighted by Gasteiger charge is 2.33. The van der Waals surface area contributed by atoms with Crippen molar-refractivity contribution in [3.63, 3.8) is 0 Å². The first-order valence-corrected chi connectivity index (χ1v) is 10.4. The quantitative estimate of drug-likeness (QED) is 0.850. The van der Waals surface area contributed by atoms with E-state index in [-0.39, 0.29) is 29.7 Å². The van der Waals surface area contributed by atoms with Gasteiger partial charge >= 0.3 is 0 Å². The van der Waals surface area contributed by atoms with Crippen LogP contribution in [-0.4, -0.2) is 45.8 Å². The van der Waals surface area contributed by atoms with E-state index in [4.69, 9.17) is 0 Å². The monoisotopic (exact) mass is 401 g/mol. The van der Waals surface area contributed by atoms with Crippen molar-refractivity contribution in [1.29, 1.82) is 0 Å². The number of sulfonamides is 1. The fraction of sp³-hybridized carbons (Fsp3) is 0.300. The van der Waals surface area contributed by atoms with Crippen LogP contribution in [0.3, 0.4) is 0 Å². The lowest BCUT2D eigenvalue weighted by Crippen LogP contribution is -2.35. The number of nitrogens with zero attached hydrogens (tertiary/aromatic N) is 2. The van der Waals surface area contributed by atoms with Crippen molar-refractivity contribution in [3.8, 4) is 0 Å². The number of likely N-dealkylation sites (N-methyl/N-ethyl adjacent to an activating group) is 1. The van der Waals surface area contributed by atoms with Crippen LogP contribution in [0.15, 0.2) is 53.4 Å². The summed E-state index contributed by atoms with van der Waals surface area (Å²) in [5.41, 5.74) is 1.64. The summed E-state index contributed by atoms with van der Waals surface area (Å²) >= 11 is 0. The van der Waals surface area contributed by atoms with Gasteiger partial charge in [0.2, 0.25) is 11.8 Å². The number of nitrogens with one attached hydrogen (secondary N) is 1. The van der Waals surface area contributed by atoms with Crippen LogP contribution in [0.2, 0.25) is 0 Å². The maximum atomic E-state index is 13.3. The maximum absolute atomic E-state index is 13.3. The number of fused-ring (bicyclic) bond motifs is 1. The predicted octanol–water partition coefficient (Wildman–Crippen LogP) is 2.10. The maximum Gasteiger partial charge on any atom is 0.264 e. The number of para-hydroxylation sites is 2. The van der Waals surface area contributed by atoms with Crippen LogP contribution in [0.5, 0.6) is 0 Å². The Morgan fingerprint density at radius 2 is 1.79 bits per heavy atom. The zero-order chi connectivity index (χ0) is 20.5. The fourth-order valence-corrected chi connectivity index (χ4v) is 4.52. The van der Waals surface area contributed by atoms with E-state index in [2.05, 4.69) is 5.32 Å². The molecule has 2 aromatic carbocycles. The van der Waals surface area contributed by atoms with Crippen molar-refractivity contribution in [2.45, 2.75) is 18.2 Å². The van der Waals surface area contributed by atoms with E-state index >= 15 is 0 Å². The number of hydrogen-bond acceptors (Lipinski definition) is 4. The molecule has 0 fully saturated rings. The van der Waals surface area contributed by atoms with E-state index in [9.17, 15) is 18.0 Å². The van der Waals surface area contributed by atoms with Crippen LogP contribution in [0.4, 0.5) is 11.4 Å². The lowest BCUT2D eigenvalue weighted by molar-refractivity contribution is -0.128. The van der Waals surface area contributed by atoms with Crippen LogP contribution in [0, 0.1) is 5.92 Å². The molecule has 0 aromatic heterocycles. The minimum Gasteiger partial charge on any atom is -0.349 e. The van der Waals surface area contributed by atoms with Gasteiger partial charge in [-0.2, -0.15) is 0 Å². The van der Waals surface area contributed by atoms with Gasteiger partial charge < -0.3 is 10.2 Å². The second-order valence-electron chi connectivity index (χ2n) is 7.05. The SMILES string of the molecule is C[C@@H]1CN(S(=O)(=O)c2ccc(CC(=O)N(C)C)cc2)c2ccccc2NC1=O. The molecule has 2 amide bonds. The molecule has 7 nitrogen and oxygen atoms in total. The molecular formula is C20H23N3O4S. The zero-order valence-corrected chi connectivity index (χ0v) is 16.9. The van der Waals surface area contributed by atoms with E-state index in [1.165, 1.54) is 21.3 Å². The molecule has 0 aliphatic carbocycles. The minimum absolute atomic E-state index is 0.0477. The molecule has 1 atom stereocenters. The summed E-state index contributed by atoms with van der Waals surface area (Å²) in [7, 11) is -0.521. The summed E-state index contributed by atoms with van der Waals surface area (Å²) in [5.74, 6) is -0.780. The standard InChI is InChI=1S/C20H23N3O4S/c1-14-13-23(18-7-5-4-6-17(18)21-20(14)25)28(26,27)16-10-8-15(9-11-16)12-19(24)22(2)3/h4-11,14H,12-13H2,1-3H3,(H,21,25)/t14-/m1/s1. The molecule has 1 heterocycles. The molecule has 0 bridgehead atoms. The van der Waals surface area contributed by atoms with E-state index in [0.717, 1.165) is 5.56 Å². The highest BCUT2D eigenvalue weighted by molar-refractivity contribution is 7.92.